The zero-order valence-corrected chi connectivity index (χ0v) is 17.5. The molecule has 3 aromatic rings. The van der Waals surface area contributed by atoms with Crippen LogP contribution in [0.5, 0.6) is 0 Å². The fraction of sp³-hybridized carbons (Fsp3) is 0.286. The number of hydrogen-bond donors (Lipinski definition) is 1. The van der Waals surface area contributed by atoms with E-state index in [0.717, 1.165) is 30.5 Å². The summed E-state index contributed by atoms with van der Waals surface area (Å²) in [5.41, 5.74) is 1.17. The molecule has 2 aromatic carbocycles. The van der Waals surface area contributed by atoms with Crippen LogP contribution in [0.2, 0.25) is 0 Å². The summed E-state index contributed by atoms with van der Waals surface area (Å²) >= 11 is 0. The molecule has 4 rings (SSSR count). The van der Waals surface area contributed by atoms with Gasteiger partial charge in [-0.1, -0.05) is 12.1 Å². The van der Waals surface area contributed by atoms with Gasteiger partial charge in [-0.25, -0.2) is 22.5 Å². The number of likely N-dealkylation sites (tertiary alicyclic amines) is 1. The molecule has 1 amide bonds. The Morgan fingerprint density at radius 2 is 1.74 bits per heavy atom. The number of halogens is 1. The number of nitrogens with zero attached hydrogens (tertiary/aromatic N) is 4. The van der Waals surface area contributed by atoms with Crippen molar-refractivity contribution in [1.82, 2.24) is 19.7 Å². The van der Waals surface area contributed by atoms with Gasteiger partial charge in [0.15, 0.2) is 0 Å². The maximum Gasteiger partial charge on any atom is 0.261 e. The zero-order chi connectivity index (χ0) is 21.8. The van der Waals surface area contributed by atoms with Crippen LogP contribution in [0.25, 0.3) is 0 Å². The van der Waals surface area contributed by atoms with E-state index in [1.165, 1.54) is 18.5 Å². The van der Waals surface area contributed by atoms with E-state index in [0.29, 0.717) is 18.8 Å². The van der Waals surface area contributed by atoms with Crippen molar-refractivity contribution >= 4 is 21.6 Å². The van der Waals surface area contributed by atoms with Crippen LogP contribution in [0.4, 0.5) is 10.1 Å². The molecule has 1 aromatic heterocycles. The van der Waals surface area contributed by atoms with Crippen LogP contribution < -0.4 is 4.72 Å². The van der Waals surface area contributed by atoms with Gasteiger partial charge in [0.2, 0.25) is 5.91 Å². The summed E-state index contributed by atoms with van der Waals surface area (Å²) in [6.07, 6.45) is 5.13. The third-order valence-corrected chi connectivity index (χ3v) is 6.71. The molecule has 1 saturated heterocycles. The zero-order valence-electron chi connectivity index (χ0n) is 16.7. The van der Waals surface area contributed by atoms with Gasteiger partial charge < -0.3 is 4.90 Å². The summed E-state index contributed by atoms with van der Waals surface area (Å²) in [6.45, 7) is 1.33. The molecule has 31 heavy (non-hydrogen) atoms. The lowest BCUT2D eigenvalue weighted by molar-refractivity contribution is -0.131. The maximum atomic E-state index is 13.0. The van der Waals surface area contributed by atoms with E-state index in [4.69, 9.17) is 0 Å². The first-order valence-electron chi connectivity index (χ1n) is 9.90. The third-order valence-electron chi connectivity index (χ3n) is 5.31. The maximum absolute atomic E-state index is 13.0. The number of nitrogens with one attached hydrogen (secondary N) is 1. The Balaban J connectivity index is 1.32. The lowest BCUT2D eigenvalue weighted by atomic mass is 10.0. The van der Waals surface area contributed by atoms with Crippen molar-refractivity contribution in [1.29, 1.82) is 0 Å². The van der Waals surface area contributed by atoms with Crippen LogP contribution in [-0.4, -0.2) is 47.1 Å². The molecule has 0 unspecified atom stereocenters. The fourth-order valence-electron chi connectivity index (χ4n) is 3.59. The van der Waals surface area contributed by atoms with E-state index in [1.54, 1.807) is 30.6 Å². The summed E-state index contributed by atoms with van der Waals surface area (Å²) < 4.78 is 42.1. The van der Waals surface area contributed by atoms with Gasteiger partial charge in [0, 0.05) is 18.8 Å². The van der Waals surface area contributed by atoms with Gasteiger partial charge >= 0.3 is 0 Å². The van der Waals surface area contributed by atoms with Gasteiger partial charge in [0.1, 0.15) is 18.5 Å². The van der Waals surface area contributed by atoms with Gasteiger partial charge in [0.25, 0.3) is 10.0 Å². The average molecular weight is 444 g/mol. The van der Waals surface area contributed by atoms with E-state index in [2.05, 4.69) is 14.8 Å². The molecule has 0 saturated carbocycles. The number of carbonyl (C=O) groups is 1. The van der Waals surface area contributed by atoms with Gasteiger partial charge in [-0.15, -0.1) is 0 Å². The Kier molecular flexibility index (Phi) is 5.99. The minimum atomic E-state index is -3.81. The largest absolute Gasteiger partial charge is 0.342 e. The highest BCUT2D eigenvalue weighted by molar-refractivity contribution is 7.92. The molecular weight excluding hydrogens is 421 g/mol. The number of hydrogen-bond acceptors (Lipinski definition) is 5. The highest BCUT2D eigenvalue weighted by Crippen LogP contribution is 2.22. The summed E-state index contributed by atoms with van der Waals surface area (Å²) in [5.74, 6) is -0.465. The van der Waals surface area contributed by atoms with E-state index in [9.17, 15) is 17.6 Å². The summed E-state index contributed by atoms with van der Waals surface area (Å²) in [4.78, 5) is 18.4. The van der Waals surface area contributed by atoms with Crippen LogP contribution in [0.15, 0.2) is 66.1 Å². The number of aromatic nitrogens is 3. The molecule has 1 fully saturated rings. The van der Waals surface area contributed by atoms with Crippen molar-refractivity contribution in [2.24, 2.45) is 0 Å². The summed E-state index contributed by atoms with van der Waals surface area (Å²) in [6, 6.07) is 11.5. The second-order valence-corrected chi connectivity index (χ2v) is 9.10. The molecule has 8 nitrogen and oxygen atoms in total. The molecule has 1 N–H and O–H groups in total. The second-order valence-electron chi connectivity index (χ2n) is 7.42. The minimum absolute atomic E-state index is 0.0255. The van der Waals surface area contributed by atoms with E-state index < -0.39 is 15.8 Å². The SMILES string of the molecule is O=C(Cc1ccc(NS(=O)(=O)c2ccc(F)cc2)cc1)N1CCC(n2cncn2)CC1. The van der Waals surface area contributed by atoms with Crippen molar-refractivity contribution in [3.8, 4) is 0 Å². The Morgan fingerprint density at radius 3 is 2.35 bits per heavy atom. The second kappa shape index (κ2) is 8.84. The highest BCUT2D eigenvalue weighted by atomic mass is 32.2. The highest BCUT2D eigenvalue weighted by Gasteiger charge is 2.24. The van der Waals surface area contributed by atoms with Gasteiger partial charge in [-0.3, -0.25) is 9.52 Å². The number of rotatable bonds is 6. The van der Waals surface area contributed by atoms with Crippen LogP contribution in [0.3, 0.4) is 0 Å². The molecular formula is C21H22FN5O3S. The molecule has 0 spiro atoms. The first kappa shape index (κ1) is 21.0. The van der Waals surface area contributed by atoms with Crippen LogP contribution in [-0.2, 0) is 21.2 Å². The molecule has 1 aliphatic rings. The van der Waals surface area contributed by atoms with Crippen molar-refractivity contribution in [2.45, 2.75) is 30.2 Å². The molecule has 0 aliphatic carbocycles. The smallest absolute Gasteiger partial charge is 0.261 e. The number of amides is 1. The fourth-order valence-corrected chi connectivity index (χ4v) is 4.65. The number of anilines is 1. The quantitative estimate of drug-likeness (QED) is 0.632. The first-order chi connectivity index (χ1) is 14.9. The minimum Gasteiger partial charge on any atom is -0.342 e. The van der Waals surface area contributed by atoms with Gasteiger partial charge in [0.05, 0.1) is 17.4 Å². The topological polar surface area (TPSA) is 97.2 Å². The lowest BCUT2D eigenvalue weighted by Crippen LogP contribution is -2.39. The van der Waals surface area contributed by atoms with Crippen molar-refractivity contribution < 1.29 is 17.6 Å². The van der Waals surface area contributed by atoms with E-state index in [1.807, 2.05) is 9.58 Å². The normalized spacial score (nSPS) is 15.1. The van der Waals surface area contributed by atoms with Crippen LogP contribution in [0, 0.1) is 5.82 Å². The van der Waals surface area contributed by atoms with Gasteiger partial charge in [-0.05, 0) is 54.8 Å². The number of sulfonamides is 1. The van der Waals surface area contributed by atoms with Crippen molar-refractivity contribution in [3.63, 3.8) is 0 Å². The third kappa shape index (κ3) is 5.08. The predicted octanol–water partition coefficient (Wildman–Crippen LogP) is 2.62. The van der Waals surface area contributed by atoms with Crippen LogP contribution >= 0.6 is 0 Å². The Bertz CT molecular complexity index is 1120. The molecule has 0 bridgehead atoms. The molecule has 0 atom stereocenters. The van der Waals surface area contributed by atoms with E-state index >= 15 is 0 Å². The first-order valence-corrected chi connectivity index (χ1v) is 11.4. The molecule has 162 valence electrons. The summed E-state index contributed by atoms with van der Waals surface area (Å²) in [7, 11) is -3.81. The Morgan fingerprint density at radius 1 is 1.06 bits per heavy atom. The molecule has 0 radical (unpaired) electrons. The standard InChI is InChI=1S/C21H22FN5O3S/c22-17-3-7-20(8-4-17)31(29,30)25-18-5-1-16(2-6-18)13-21(28)26-11-9-19(10-12-26)27-15-23-14-24-27/h1-8,14-15,19,25H,9-13H2. The number of benzene rings is 2. The van der Waals surface area contributed by atoms with Gasteiger partial charge in [-0.2, -0.15) is 5.10 Å². The number of piperidine rings is 1. The van der Waals surface area contributed by atoms with Crippen molar-refractivity contribution in [3.05, 3.63) is 72.6 Å². The number of carbonyl (C=O) groups excluding carboxylic acids is 1. The Hall–Kier alpha value is -3.27. The summed E-state index contributed by atoms with van der Waals surface area (Å²) in [5, 5.41) is 4.17. The lowest BCUT2D eigenvalue weighted by Gasteiger charge is -2.32. The molecule has 10 heteroatoms. The average Bonchev–Trinajstić information content (AvgIpc) is 3.30. The Labute approximate surface area is 179 Å². The van der Waals surface area contributed by atoms with E-state index in [-0.39, 0.29) is 23.3 Å². The van der Waals surface area contributed by atoms with Crippen LogP contribution in [0.1, 0.15) is 24.4 Å². The molecule has 2 heterocycles. The monoisotopic (exact) mass is 443 g/mol. The van der Waals surface area contributed by atoms with Crippen molar-refractivity contribution in [2.75, 3.05) is 17.8 Å². The predicted molar refractivity (Wildman–Crippen MR) is 112 cm³/mol. The molecule has 1 aliphatic heterocycles.